The summed E-state index contributed by atoms with van der Waals surface area (Å²) >= 11 is 1.53. The zero-order valence-electron chi connectivity index (χ0n) is 13.2. The molecule has 0 saturated heterocycles. The summed E-state index contributed by atoms with van der Waals surface area (Å²) in [5.41, 5.74) is 1.57. The second-order valence-corrected chi connectivity index (χ2v) is 7.80. The van der Waals surface area contributed by atoms with Crippen LogP contribution in [0.3, 0.4) is 0 Å². The van der Waals surface area contributed by atoms with Crippen molar-refractivity contribution in [3.8, 4) is 0 Å². The largest absolute Gasteiger partial charge is 0.465 e. The first kappa shape index (κ1) is 16.0. The molecule has 1 aliphatic carbocycles. The Morgan fingerprint density at radius 3 is 2.52 bits per heavy atom. The van der Waals surface area contributed by atoms with Crippen LogP contribution in [0.1, 0.15) is 60.8 Å². The molecule has 5 heteroatoms. The smallest absolute Gasteiger partial charge is 0.341 e. The number of hydrogen-bond acceptors (Lipinski definition) is 4. The quantitative estimate of drug-likeness (QED) is 0.864. The number of amides is 1. The van der Waals surface area contributed by atoms with Gasteiger partial charge in [0.2, 0.25) is 5.91 Å². The fraction of sp³-hybridized carbons (Fsp3) is 0.625. The van der Waals surface area contributed by atoms with E-state index in [2.05, 4.69) is 5.32 Å². The van der Waals surface area contributed by atoms with Crippen LogP contribution < -0.4 is 5.32 Å². The van der Waals surface area contributed by atoms with Crippen molar-refractivity contribution >= 4 is 28.2 Å². The van der Waals surface area contributed by atoms with E-state index in [0.717, 1.165) is 31.2 Å². The lowest BCUT2D eigenvalue weighted by Gasteiger charge is -2.17. The molecule has 0 fully saturated rings. The van der Waals surface area contributed by atoms with Gasteiger partial charge in [-0.05, 0) is 36.7 Å². The van der Waals surface area contributed by atoms with Crippen molar-refractivity contribution in [1.82, 2.24) is 0 Å². The summed E-state index contributed by atoms with van der Waals surface area (Å²) in [6, 6.07) is 0. The van der Waals surface area contributed by atoms with Crippen molar-refractivity contribution in [3.63, 3.8) is 0 Å². The Morgan fingerprint density at radius 2 is 1.90 bits per heavy atom. The first-order valence-electron chi connectivity index (χ1n) is 7.34. The first-order chi connectivity index (χ1) is 9.81. The third-order valence-electron chi connectivity index (χ3n) is 3.50. The first-order valence-corrected chi connectivity index (χ1v) is 8.16. The van der Waals surface area contributed by atoms with Gasteiger partial charge in [-0.1, -0.05) is 20.8 Å². The molecule has 0 unspecified atom stereocenters. The maximum atomic E-state index is 12.1. The topological polar surface area (TPSA) is 55.4 Å². The van der Waals surface area contributed by atoms with Crippen LogP contribution in [0, 0.1) is 5.41 Å². The number of nitrogens with one attached hydrogen (secondary N) is 1. The van der Waals surface area contributed by atoms with E-state index in [-0.39, 0.29) is 17.3 Å². The molecule has 1 heterocycles. The van der Waals surface area contributed by atoms with Crippen LogP contribution in [-0.2, 0) is 22.4 Å². The molecule has 0 radical (unpaired) electrons. The van der Waals surface area contributed by atoms with Crippen LogP contribution in [0.25, 0.3) is 0 Å². The van der Waals surface area contributed by atoms with Gasteiger partial charge < -0.3 is 10.1 Å². The molecule has 1 aliphatic rings. The van der Waals surface area contributed by atoms with E-state index >= 15 is 0 Å². The fourth-order valence-electron chi connectivity index (χ4n) is 2.62. The lowest BCUT2D eigenvalue weighted by Crippen LogP contribution is -2.20. The maximum Gasteiger partial charge on any atom is 0.341 e. The molecule has 0 bridgehead atoms. The average molecular weight is 309 g/mol. The van der Waals surface area contributed by atoms with Crippen molar-refractivity contribution in [1.29, 1.82) is 0 Å². The number of carbonyl (C=O) groups excluding carboxylic acids is 2. The Morgan fingerprint density at radius 1 is 1.24 bits per heavy atom. The van der Waals surface area contributed by atoms with Gasteiger partial charge in [0.25, 0.3) is 0 Å². The molecule has 2 rings (SSSR count). The van der Waals surface area contributed by atoms with E-state index in [4.69, 9.17) is 4.74 Å². The Kier molecular flexibility index (Phi) is 4.71. The molecule has 21 heavy (non-hydrogen) atoms. The van der Waals surface area contributed by atoms with E-state index in [1.54, 1.807) is 0 Å². The highest BCUT2D eigenvalue weighted by molar-refractivity contribution is 7.17. The summed E-state index contributed by atoms with van der Waals surface area (Å²) in [4.78, 5) is 25.4. The Hall–Kier alpha value is -1.36. The van der Waals surface area contributed by atoms with Gasteiger partial charge in [-0.3, -0.25) is 4.79 Å². The Labute approximate surface area is 129 Å². The highest BCUT2D eigenvalue weighted by Crippen LogP contribution is 2.38. The summed E-state index contributed by atoms with van der Waals surface area (Å²) in [5, 5.41) is 3.57. The zero-order chi connectivity index (χ0) is 15.6. The molecule has 1 amide bonds. The van der Waals surface area contributed by atoms with E-state index in [1.165, 1.54) is 23.3 Å². The lowest BCUT2D eigenvalue weighted by molar-refractivity contribution is -0.117. The summed E-state index contributed by atoms with van der Waals surface area (Å²) < 4.78 is 4.90. The third kappa shape index (κ3) is 3.84. The summed E-state index contributed by atoms with van der Waals surface area (Å²) in [7, 11) is 1.38. The minimum absolute atomic E-state index is 0.0498. The number of fused-ring (bicyclic) bond motifs is 1. The predicted octanol–water partition coefficient (Wildman–Crippen LogP) is 3.79. The molecule has 116 valence electrons. The SMILES string of the molecule is COC(=O)c1c(NC(=O)CC(C)(C)C)sc2c1CCCC2. The molecule has 0 saturated carbocycles. The molecular formula is C16H23NO3S. The summed E-state index contributed by atoms with van der Waals surface area (Å²) in [6.45, 7) is 6.06. The lowest BCUT2D eigenvalue weighted by atomic mass is 9.92. The third-order valence-corrected chi connectivity index (χ3v) is 4.71. The van der Waals surface area contributed by atoms with Crippen LogP contribution >= 0.6 is 11.3 Å². The average Bonchev–Trinajstić information content (AvgIpc) is 2.73. The van der Waals surface area contributed by atoms with Crippen LogP contribution in [0.4, 0.5) is 5.00 Å². The van der Waals surface area contributed by atoms with Crippen molar-refractivity contribution < 1.29 is 14.3 Å². The van der Waals surface area contributed by atoms with Crippen LogP contribution in [-0.4, -0.2) is 19.0 Å². The van der Waals surface area contributed by atoms with Crippen LogP contribution in [0.2, 0.25) is 0 Å². The van der Waals surface area contributed by atoms with Gasteiger partial charge in [-0.2, -0.15) is 0 Å². The second kappa shape index (κ2) is 6.18. The molecule has 1 aromatic heterocycles. The van der Waals surface area contributed by atoms with E-state index in [0.29, 0.717) is 17.0 Å². The van der Waals surface area contributed by atoms with Gasteiger partial charge in [0.15, 0.2) is 0 Å². The van der Waals surface area contributed by atoms with E-state index in [9.17, 15) is 9.59 Å². The van der Waals surface area contributed by atoms with E-state index in [1.807, 2.05) is 20.8 Å². The molecule has 0 aromatic carbocycles. The van der Waals surface area contributed by atoms with Crippen molar-refractivity contribution in [2.45, 2.75) is 52.9 Å². The molecular weight excluding hydrogens is 286 g/mol. The standard InChI is InChI=1S/C16H23NO3S/c1-16(2,3)9-12(18)17-14-13(15(19)20-4)10-7-5-6-8-11(10)21-14/h5-9H2,1-4H3,(H,17,18). The number of hydrogen-bond donors (Lipinski definition) is 1. The highest BCUT2D eigenvalue weighted by Gasteiger charge is 2.27. The molecule has 4 nitrogen and oxygen atoms in total. The molecule has 0 aliphatic heterocycles. The number of methoxy groups -OCH3 is 1. The Balaban J connectivity index is 2.28. The van der Waals surface area contributed by atoms with Crippen molar-refractivity contribution in [3.05, 3.63) is 16.0 Å². The summed E-state index contributed by atoms with van der Waals surface area (Å²) in [5.74, 6) is -0.397. The normalized spacial score (nSPS) is 14.5. The predicted molar refractivity (Wildman–Crippen MR) is 85.0 cm³/mol. The number of aryl methyl sites for hydroxylation is 1. The molecule has 1 N–H and O–H groups in total. The zero-order valence-corrected chi connectivity index (χ0v) is 14.0. The second-order valence-electron chi connectivity index (χ2n) is 6.69. The van der Waals surface area contributed by atoms with Gasteiger partial charge in [0.05, 0.1) is 12.7 Å². The van der Waals surface area contributed by atoms with Crippen LogP contribution in [0.15, 0.2) is 0 Å². The maximum absolute atomic E-state index is 12.1. The highest BCUT2D eigenvalue weighted by atomic mass is 32.1. The summed E-state index contributed by atoms with van der Waals surface area (Å²) in [6.07, 6.45) is 4.54. The van der Waals surface area contributed by atoms with Gasteiger partial charge in [-0.25, -0.2) is 4.79 Å². The van der Waals surface area contributed by atoms with Gasteiger partial charge in [0, 0.05) is 11.3 Å². The number of anilines is 1. The number of thiophene rings is 1. The van der Waals surface area contributed by atoms with Crippen molar-refractivity contribution in [2.24, 2.45) is 5.41 Å². The van der Waals surface area contributed by atoms with Gasteiger partial charge in [0.1, 0.15) is 5.00 Å². The van der Waals surface area contributed by atoms with Gasteiger partial charge in [-0.15, -0.1) is 11.3 Å². The molecule has 0 spiro atoms. The molecule has 0 atom stereocenters. The minimum atomic E-state index is -0.347. The monoisotopic (exact) mass is 309 g/mol. The molecule has 1 aromatic rings. The van der Waals surface area contributed by atoms with Crippen LogP contribution in [0.5, 0.6) is 0 Å². The van der Waals surface area contributed by atoms with Crippen molar-refractivity contribution in [2.75, 3.05) is 12.4 Å². The fourth-order valence-corrected chi connectivity index (χ4v) is 3.92. The van der Waals surface area contributed by atoms with Gasteiger partial charge >= 0.3 is 5.97 Å². The number of esters is 1. The van der Waals surface area contributed by atoms with E-state index < -0.39 is 0 Å². The minimum Gasteiger partial charge on any atom is -0.465 e. The number of rotatable bonds is 3. The number of carbonyl (C=O) groups is 2. The Bertz CT molecular complexity index is 555. The number of ether oxygens (including phenoxy) is 1.